The third kappa shape index (κ3) is 4.29. The number of hydrogen-bond donors (Lipinski definition) is 1. The summed E-state index contributed by atoms with van der Waals surface area (Å²) >= 11 is 1.83. The maximum atomic E-state index is 13.1. The Balaban J connectivity index is 1.40. The molecule has 0 fully saturated rings. The van der Waals surface area contributed by atoms with Crippen LogP contribution in [-0.2, 0) is 15.4 Å². The van der Waals surface area contributed by atoms with Crippen molar-refractivity contribution in [3.8, 4) is 0 Å². The molecule has 0 saturated carbocycles. The van der Waals surface area contributed by atoms with Crippen molar-refractivity contribution in [2.24, 2.45) is 0 Å². The first-order valence-electron chi connectivity index (χ1n) is 13.5. The quantitative estimate of drug-likeness (QED) is 0.218. The maximum Gasteiger partial charge on any atom is 0.261 e. The van der Waals surface area contributed by atoms with Gasteiger partial charge >= 0.3 is 0 Å². The zero-order chi connectivity index (χ0) is 28.0. The predicted octanol–water partition coefficient (Wildman–Crippen LogP) is 8.79. The lowest BCUT2D eigenvalue weighted by molar-refractivity contribution is 0.601. The molecular weight excluding hydrogens is 543 g/mol. The molecule has 1 unspecified atom stereocenters. The highest BCUT2D eigenvalue weighted by molar-refractivity contribution is 7.92. The molecule has 1 aromatic heterocycles. The molecule has 1 atom stereocenters. The Morgan fingerprint density at radius 1 is 0.659 bits per heavy atom. The van der Waals surface area contributed by atoms with Crippen LogP contribution in [0.25, 0.3) is 15.7 Å². The molecule has 5 heteroatoms. The van der Waals surface area contributed by atoms with E-state index in [9.17, 15) is 8.42 Å². The molecule has 0 saturated heterocycles. The van der Waals surface area contributed by atoms with Crippen LogP contribution in [0.5, 0.6) is 0 Å². The van der Waals surface area contributed by atoms with Gasteiger partial charge in [0.05, 0.1) is 10.3 Å². The van der Waals surface area contributed by atoms with Crippen molar-refractivity contribution in [1.29, 1.82) is 0 Å². The van der Waals surface area contributed by atoms with Crippen LogP contribution in [0.1, 0.15) is 32.7 Å². The first-order valence-corrected chi connectivity index (χ1v) is 15.8. The highest BCUT2D eigenvalue weighted by atomic mass is 32.2. The molecular formula is C36H27NO2S2. The van der Waals surface area contributed by atoms with Gasteiger partial charge in [0.25, 0.3) is 10.0 Å². The first-order chi connectivity index (χ1) is 20.0. The minimum absolute atomic E-state index is 0.245. The fourth-order valence-electron chi connectivity index (χ4n) is 5.82. The third-order valence-electron chi connectivity index (χ3n) is 7.82. The van der Waals surface area contributed by atoms with Gasteiger partial charge in [0.1, 0.15) is 0 Å². The molecule has 200 valence electrons. The Morgan fingerprint density at radius 3 is 1.98 bits per heavy atom. The topological polar surface area (TPSA) is 46.2 Å². The lowest BCUT2D eigenvalue weighted by atomic mass is 9.74. The molecule has 0 radical (unpaired) electrons. The van der Waals surface area contributed by atoms with E-state index in [4.69, 9.17) is 0 Å². The molecule has 41 heavy (non-hydrogen) atoms. The van der Waals surface area contributed by atoms with Crippen LogP contribution in [0.15, 0.2) is 144 Å². The summed E-state index contributed by atoms with van der Waals surface area (Å²) in [6.45, 7) is 1.94. The van der Waals surface area contributed by atoms with Crippen molar-refractivity contribution in [2.75, 3.05) is 4.72 Å². The van der Waals surface area contributed by atoms with Crippen LogP contribution in [0, 0.1) is 6.92 Å². The van der Waals surface area contributed by atoms with Crippen LogP contribution >= 0.6 is 11.3 Å². The number of sulfonamides is 1. The molecule has 6 aromatic rings. The van der Waals surface area contributed by atoms with Gasteiger partial charge in [0, 0.05) is 26.2 Å². The second-order valence-corrected chi connectivity index (χ2v) is 13.1. The number of benzene rings is 5. The van der Waals surface area contributed by atoms with E-state index in [-0.39, 0.29) is 4.90 Å². The van der Waals surface area contributed by atoms with Gasteiger partial charge in [-0.1, -0.05) is 115 Å². The largest absolute Gasteiger partial charge is 0.280 e. The summed E-state index contributed by atoms with van der Waals surface area (Å²) in [5.41, 5.74) is 6.93. The number of aryl methyl sites for hydroxylation is 1. The van der Waals surface area contributed by atoms with Crippen molar-refractivity contribution in [3.63, 3.8) is 0 Å². The van der Waals surface area contributed by atoms with Crippen LogP contribution in [-0.4, -0.2) is 8.42 Å². The molecule has 7 rings (SSSR count). The minimum atomic E-state index is -3.70. The van der Waals surface area contributed by atoms with E-state index in [0.29, 0.717) is 5.69 Å². The molecule has 1 N–H and O–H groups in total. The van der Waals surface area contributed by atoms with E-state index in [1.807, 2.05) is 42.5 Å². The van der Waals surface area contributed by atoms with Gasteiger partial charge < -0.3 is 0 Å². The van der Waals surface area contributed by atoms with Crippen molar-refractivity contribution in [2.45, 2.75) is 17.2 Å². The van der Waals surface area contributed by atoms with Crippen molar-refractivity contribution >= 4 is 42.7 Å². The fraction of sp³-hybridized carbons (Fsp3) is 0.0556. The van der Waals surface area contributed by atoms with Crippen LogP contribution < -0.4 is 4.72 Å². The lowest BCUT2D eigenvalue weighted by Gasteiger charge is -2.29. The van der Waals surface area contributed by atoms with E-state index in [2.05, 4.69) is 95.7 Å². The van der Waals surface area contributed by atoms with E-state index in [1.165, 1.54) is 37.2 Å². The van der Waals surface area contributed by atoms with Gasteiger partial charge in [-0.15, -0.1) is 11.3 Å². The predicted molar refractivity (Wildman–Crippen MR) is 170 cm³/mol. The van der Waals surface area contributed by atoms with E-state index in [1.54, 1.807) is 24.3 Å². The Labute approximate surface area is 244 Å². The van der Waals surface area contributed by atoms with Crippen LogP contribution in [0.4, 0.5) is 5.69 Å². The van der Waals surface area contributed by atoms with Gasteiger partial charge in [-0.05, 0) is 59.5 Å². The molecule has 0 amide bonds. The molecule has 0 aliphatic heterocycles. The fourth-order valence-corrected chi connectivity index (χ4v) is 8.30. The molecule has 5 aromatic carbocycles. The Morgan fingerprint density at radius 2 is 1.27 bits per heavy atom. The van der Waals surface area contributed by atoms with Gasteiger partial charge in [0.15, 0.2) is 0 Å². The smallest absolute Gasteiger partial charge is 0.261 e. The molecule has 1 heterocycles. The SMILES string of the molecule is Cc1ccc(S(=O)(=O)Nc2ccc(C3(c4ccccc4)C=C(c4ccccc4)c4c3sc3ccccc43)cc2)cc1. The van der Waals surface area contributed by atoms with Crippen molar-refractivity contribution in [3.05, 3.63) is 172 Å². The average molecular weight is 570 g/mol. The van der Waals surface area contributed by atoms with Gasteiger partial charge in [0.2, 0.25) is 0 Å². The second kappa shape index (κ2) is 9.88. The van der Waals surface area contributed by atoms with Gasteiger partial charge in [-0.25, -0.2) is 8.42 Å². The average Bonchev–Trinajstić information content (AvgIpc) is 3.55. The standard InChI is InChI=1S/C36H27NO2S2/c1-25-16-22-30(23-17-25)41(38,39)37-29-20-18-28(19-21-29)36(27-12-6-3-7-13-27)24-32(26-10-4-2-5-11-26)34-31-14-8-9-15-33(31)40-35(34)36/h2-24,37H,1H3. The van der Waals surface area contributed by atoms with Crippen molar-refractivity contribution < 1.29 is 8.42 Å². The second-order valence-electron chi connectivity index (χ2n) is 10.4. The summed E-state index contributed by atoms with van der Waals surface area (Å²) in [6, 6.07) is 44.5. The molecule has 1 aliphatic carbocycles. The number of rotatable bonds is 6. The Bertz CT molecular complexity index is 2010. The van der Waals surface area contributed by atoms with Crippen LogP contribution in [0.3, 0.4) is 0 Å². The zero-order valence-electron chi connectivity index (χ0n) is 22.4. The highest BCUT2D eigenvalue weighted by Crippen LogP contribution is 2.56. The van der Waals surface area contributed by atoms with Crippen molar-refractivity contribution in [1.82, 2.24) is 0 Å². The Hall–Kier alpha value is -4.45. The number of allylic oxidation sites excluding steroid dienone is 1. The maximum absolute atomic E-state index is 13.1. The number of anilines is 1. The van der Waals surface area contributed by atoms with Gasteiger partial charge in [-0.3, -0.25) is 4.72 Å². The Kier molecular flexibility index (Phi) is 6.15. The minimum Gasteiger partial charge on any atom is -0.280 e. The summed E-state index contributed by atoms with van der Waals surface area (Å²) in [6.07, 6.45) is 2.40. The molecule has 0 spiro atoms. The molecule has 3 nitrogen and oxygen atoms in total. The number of thiophene rings is 1. The summed E-state index contributed by atoms with van der Waals surface area (Å²) in [7, 11) is -3.70. The normalized spacial score (nSPS) is 16.4. The lowest BCUT2D eigenvalue weighted by Crippen LogP contribution is -2.24. The molecule has 0 bridgehead atoms. The zero-order valence-corrected chi connectivity index (χ0v) is 24.0. The summed E-state index contributed by atoms with van der Waals surface area (Å²) < 4.78 is 30.2. The van der Waals surface area contributed by atoms with Gasteiger partial charge in [-0.2, -0.15) is 0 Å². The van der Waals surface area contributed by atoms with Crippen LogP contribution in [0.2, 0.25) is 0 Å². The molecule has 1 aliphatic rings. The van der Waals surface area contributed by atoms with E-state index >= 15 is 0 Å². The third-order valence-corrected chi connectivity index (χ3v) is 10.5. The summed E-state index contributed by atoms with van der Waals surface area (Å²) in [5, 5.41) is 1.25. The monoisotopic (exact) mass is 569 g/mol. The summed E-state index contributed by atoms with van der Waals surface area (Å²) in [4.78, 5) is 1.52. The number of hydrogen-bond acceptors (Lipinski definition) is 3. The number of nitrogens with one attached hydrogen (secondary N) is 1. The summed E-state index contributed by atoms with van der Waals surface area (Å²) in [5.74, 6) is 0. The van der Waals surface area contributed by atoms with E-state index in [0.717, 1.165) is 11.1 Å². The first kappa shape index (κ1) is 25.5. The number of fused-ring (bicyclic) bond motifs is 3. The highest BCUT2D eigenvalue weighted by Gasteiger charge is 2.44. The van der Waals surface area contributed by atoms with E-state index < -0.39 is 15.4 Å².